The van der Waals surface area contributed by atoms with Crippen molar-refractivity contribution in [1.82, 2.24) is 14.8 Å². The molecule has 2 fully saturated rings. The molecule has 0 aromatic carbocycles. The van der Waals surface area contributed by atoms with E-state index in [9.17, 15) is 4.79 Å². The van der Waals surface area contributed by atoms with Gasteiger partial charge < -0.3 is 10.2 Å². The SMILES string of the molecule is CC1CCN(CC2CCCN(C(C)C(=O)Nc3nccs3)C2)CC1. The first kappa shape index (κ1) is 17.8. The lowest BCUT2D eigenvalue weighted by Crippen LogP contribution is -2.49. The van der Waals surface area contributed by atoms with E-state index in [0.29, 0.717) is 11.0 Å². The maximum absolute atomic E-state index is 12.4. The zero-order chi connectivity index (χ0) is 16.9. The lowest BCUT2D eigenvalue weighted by atomic mass is 9.93. The number of thiazole rings is 1. The maximum atomic E-state index is 12.4. The number of amides is 1. The van der Waals surface area contributed by atoms with Gasteiger partial charge in [-0.3, -0.25) is 9.69 Å². The van der Waals surface area contributed by atoms with E-state index in [1.165, 1.54) is 56.7 Å². The van der Waals surface area contributed by atoms with Crippen molar-refractivity contribution in [3.8, 4) is 0 Å². The summed E-state index contributed by atoms with van der Waals surface area (Å²) in [4.78, 5) is 21.6. The third-order valence-electron chi connectivity index (χ3n) is 5.53. The second kappa shape index (κ2) is 8.41. The predicted octanol–water partition coefficient (Wildman–Crippen LogP) is 2.91. The molecule has 1 N–H and O–H groups in total. The van der Waals surface area contributed by atoms with Crippen molar-refractivity contribution in [3.05, 3.63) is 11.6 Å². The van der Waals surface area contributed by atoms with E-state index in [2.05, 4.69) is 27.0 Å². The second-order valence-electron chi connectivity index (χ2n) is 7.49. The normalized spacial score (nSPS) is 25.5. The number of carbonyl (C=O) groups excluding carboxylic acids is 1. The molecule has 2 saturated heterocycles. The Morgan fingerprint density at radius 3 is 2.88 bits per heavy atom. The standard InChI is InChI=1S/C18H30N4OS/c1-14-5-9-21(10-6-14)12-16-4-3-8-22(13-16)15(2)17(23)20-18-19-7-11-24-18/h7,11,14-16H,3-6,8-10,12-13H2,1-2H3,(H,19,20,23). The summed E-state index contributed by atoms with van der Waals surface area (Å²) in [6, 6.07) is -0.0851. The van der Waals surface area contributed by atoms with Crippen molar-refractivity contribution < 1.29 is 4.79 Å². The average molecular weight is 351 g/mol. The van der Waals surface area contributed by atoms with Crippen LogP contribution in [-0.4, -0.2) is 59.5 Å². The predicted molar refractivity (Wildman–Crippen MR) is 99.3 cm³/mol. The summed E-state index contributed by atoms with van der Waals surface area (Å²) >= 11 is 1.47. The molecule has 2 atom stereocenters. The molecular formula is C18H30N4OS. The second-order valence-corrected chi connectivity index (χ2v) is 8.38. The molecule has 0 radical (unpaired) electrons. The molecule has 2 unspecified atom stereocenters. The molecule has 134 valence electrons. The fourth-order valence-corrected chi connectivity index (χ4v) is 4.40. The van der Waals surface area contributed by atoms with E-state index >= 15 is 0 Å². The molecule has 1 amide bonds. The molecule has 0 spiro atoms. The summed E-state index contributed by atoms with van der Waals surface area (Å²) in [5.41, 5.74) is 0. The highest BCUT2D eigenvalue weighted by atomic mass is 32.1. The molecule has 2 aliphatic rings. The van der Waals surface area contributed by atoms with Gasteiger partial charge >= 0.3 is 0 Å². The molecule has 3 rings (SSSR count). The molecule has 0 saturated carbocycles. The van der Waals surface area contributed by atoms with Gasteiger partial charge in [0.05, 0.1) is 6.04 Å². The molecular weight excluding hydrogens is 320 g/mol. The number of anilines is 1. The number of hydrogen-bond donors (Lipinski definition) is 1. The monoisotopic (exact) mass is 350 g/mol. The van der Waals surface area contributed by atoms with Gasteiger partial charge in [-0.15, -0.1) is 11.3 Å². The first-order valence-electron chi connectivity index (χ1n) is 9.28. The van der Waals surface area contributed by atoms with Crippen LogP contribution in [0, 0.1) is 11.8 Å². The van der Waals surface area contributed by atoms with Crippen LogP contribution in [0.25, 0.3) is 0 Å². The number of rotatable bonds is 5. The van der Waals surface area contributed by atoms with Crippen LogP contribution in [0.15, 0.2) is 11.6 Å². The summed E-state index contributed by atoms with van der Waals surface area (Å²) in [5.74, 6) is 1.65. The molecule has 2 aliphatic heterocycles. The Kier molecular flexibility index (Phi) is 6.25. The number of aromatic nitrogens is 1. The van der Waals surface area contributed by atoms with Crippen molar-refractivity contribution in [3.63, 3.8) is 0 Å². The van der Waals surface area contributed by atoms with E-state index in [0.717, 1.165) is 19.0 Å². The third-order valence-corrected chi connectivity index (χ3v) is 6.22. The molecule has 1 aromatic rings. The van der Waals surface area contributed by atoms with E-state index in [-0.39, 0.29) is 11.9 Å². The third kappa shape index (κ3) is 4.77. The molecule has 0 aliphatic carbocycles. The number of nitrogens with one attached hydrogen (secondary N) is 1. The van der Waals surface area contributed by atoms with Crippen LogP contribution in [0.3, 0.4) is 0 Å². The van der Waals surface area contributed by atoms with Gasteiger partial charge in [0, 0.05) is 24.7 Å². The van der Waals surface area contributed by atoms with E-state index in [1.807, 2.05) is 12.3 Å². The van der Waals surface area contributed by atoms with Crippen molar-refractivity contribution in [2.24, 2.45) is 11.8 Å². The van der Waals surface area contributed by atoms with Gasteiger partial charge in [-0.25, -0.2) is 4.98 Å². The highest BCUT2D eigenvalue weighted by Crippen LogP contribution is 2.23. The van der Waals surface area contributed by atoms with Gasteiger partial charge in [0.15, 0.2) is 5.13 Å². The minimum atomic E-state index is -0.0851. The topological polar surface area (TPSA) is 48.5 Å². The molecule has 3 heterocycles. The Hall–Kier alpha value is -0.980. The van der Waals surface area contributed by atoms with Gasteiger partial charge in [0.1, 0.15) is 0 Å². The van der Waals surface area contributed by atoms with E-state index in [1.54, 1.807) is 6.20 Å². The minimum Gasteiger partial charge on any atom is -0.303 e. The minimum absolute atomic E-state index is 0.0670. The molecule has 1 aromatic heterocycles. The zero-order valence-corrected chi connectivity index (χ0v) is 15.7. The van der Waals surface area contributed by atoms with E-state index in [4.69, 9.17) is 0 Å². The smallest absolute Gasteiger partial charge is 0.243 e. The van der Waals surface area contributed by atoms with Crippen LogP contribution in [-0.2, 0) is 4.79 Å². The Bertz CT molecular complexity index is 513. The largest absolute Gasteiger partial charge is 0.303 e. The Morgan fingerprint density at radius 1 is 1.38 bits per heavy atom. The van der Waals surface area contributed by atoms with Crippen molar-refractivity contribution >= 4 is 22.4 Å². The van der Waals surface area contributed by atoms with Crippen LogP contribution in [0.2, 0.25) is 0 Å². The van der Waals surface area contributed by atoms with Gasteiger partial charge in [-0.1, -0.05) is 6.92 Å². The van der Waals surface area contributed by atoms with Gasteiger partial charge in [0.2, 0.25) is 5.91 Å². The lowest BCUT2D eigenvalue weighted by molar-refractivity contribution is -0.121. The Morgan fingerprint density at radius 2 is 2.17 bits per heavy atom. The summed E-state index contributed by atoms with van der Waals surface area (Å²) in [5, 5.41) is 5.52. The van der Waals surface area contributed by atoms with Crippen molar-refractivity contribution in [2.45, 2.75) is 45.6 Å². The first-order valence-corrected chi connectivity index (χ1v) is 10.2. The van der Waals surface area contributed by atoms with Crippen molar-refractivity contribution in [2.75, 3.05) is 38.0 Å². The first-order chi connectivity index (χ1) is 11.6. The van der Waals surface area contributed by atoms with Gasteiger partial charge in [0.25, 0.3) is 0 Å². The van der Waals surface area contributed by atoms with Crippen LogP contribution in [0.5, 0.6) is 0 Å². The quantitative estimate of drug-likeness (QED) is 0.887. The maximum Gasteiger partial charge on any atom is 0.243 e. The lowest BCUT2D eigenvalue weighted by Gasteiger charge is -2.39. The fraction of sp³-hybridized carbons (Fsp3) is 0.778. The van der Waals surface area contributed by atoms with Crippen LogP contribution in [0.1, 0.15) is 39.5 Å². The number of likely N-dealkylation sites (tertiary alicyclic amines) is 2. The fourth-order valence-electron chi connectivity index (χ4n) is 3.87. The van der Waals surface area contributed by atoms with Gasteiger partial charge in [-0.2, -0.15) is 0 Å². The number of nitrogens with zero attached hydrogens (tertiary/aromatic N) is 3. The molecule has 5 nitrogen and oxygen atoms in total. The summed E-state index contributed by atoms with van der Waals surface area (Å²) in [7, 11) is 0. The summed E-state index contributed by atoms with van der Waals surface area (Å²) in [6.07, 6.45) is 6.89. The highest BCUT2D eigenvalue weighted by Gasteiger charge is 2.29. The molecule has 24 heavy (non-hydrogen) atoms. The Labute approximate surface area is 149 Å². The van der Waals surface area contributed by atoms with Gasteiger partial charge in [-0.05, 0) is 64.1 Å². The molecule has 0 bridgehead atoms. The van der Waals surface area contributed by atoms with Crippen molar-refractivity contribution in [1.29, 1.82) is 0 Å². The van der Waals surface area contributed by atoms with Crippen LogP contribution < -0.4 is 5.32 Å². The Balaban J connectivity index is 1.48. The zero-order valence-electron chi connectivity index (χ0n) is 14.9. The van der Waals surface area contributed by atoms with E-state index < -0.39 is 0 Å². The molecule has 6 heteroatoms. The summed E-state index contributed by atoms with van der Waals surface area (Å²) < 4.78 is 0. The number of piperidine rings is 2. The summed E-state index contributed by atoms with van der Waals surface area (Å²) in [6.45, 7) is 10.1. The number of carbonyl (C=O) groups is 1. The average Bonchev–Trinajstić information content (AvgIpc) is 3.09. The van der Waals surface area contributed by atoms with Crippen LogP contribution >= 0.6 is 11.3 Å². The highest BCUT2D eigenvalue weighted by molar-refractivity contribution is 7.13. The van der Waals surface area contributed by atoms with Crippen LogP contribution in [0.4, 0.5) is 5.13 Å². The number of hydrogen-bond acceptors (Lipinski definition) is 5.